The molecule has 0 aliphatic carbocycles. The maximum Gasteiger partial charge on any atom is 0.472 e. The fraction of sp³-hybridized carbons (Fsp3) is 0.729. The van der Waals surface area contributed by atoms with E-state index >= 15 is 0 Å². The number of phosphoric acid groups is 1. The molecule has 11 nitrogen and oxygen atoms in total. The summed E-state index contributed by atoms with van der Waals surface area (Å²) in [6, 6.07) is -1.53. The molecule has 0 saturated heterocycles. The first kappa shape index (κ1) is 57.2. The van der Waals surface area contributed by atoms with Crippen LogP contribution < -0.4 is 5.73 Å². The number of hydrogen-bond donors (Lipinski definition) is 3. The molecule has 0 heterocycles. The molecule has 0 radical (unpaired) electrons. The number of carbonyl (C=O) groups is 3. The molecule has 4 N–H and O–H groups in total. The van der Waals surface area contributed by atoms with Crippen molar-refractivity contribution in [2.24, 2.45) is 5.73 Å². The minimum absolute atomic E-state index is 0.143. The topological polar surface area (TPSA) is 172 Å². The summed E-state index contributed by atoms with van der Waals surface area (Å²) in [5.74, 6) is -2.46. The maximum atomic E-state index is 12.7. The average Bonchev–Trinajstić information content (AvgIpc) is 3.22. The second-order valence-electron chi connectivity index (χ2n) is 15.5. The largest absolute Gasteiger partial charge is 0.480 e. The van der Waals surface area contributed by atoms with Crippen molar-refractivity contribution in [1.82, 2.24) is 0 Å². The first-order valence-corrected chi connectivity index (χ1v) is 24.8. The van der Waals surface area contributed by atoms with Crippen molar-refractivity contribution in [3.8, 4) is 0 Å². The van der Waals surface area contributed by atoms with Crippen molar-refractivity contribution in [1.29, 1.82) is 0 Å². The van der Waals surface area contributed by atoms with Crippen molar-refractivity contribution in [2.75, 3.05) is 19.8 Å². The van der Waals surface area contributed by atoms with Crippen molar-refractivity contribution in [2.45, 2.75) is 206 Å². The Morgan fingerprint density at radius 2 is 0.900 bits per heavy atom. The second kappa shape index (κ2) is 42.9. The van der Waals surface area contributed by atoms with Crippen molar-refractivity contribution >= 4 is 25.7 Å². The molecule has 0 aliphatic rings. The number of unbranched alkanes of at least 4 members (excludes halogenated alkanes) is 19. The van der Waals surface area contributed by atoms with E-state index in [4.69, 9.17) is 24.8 Å². The second-order valence-corrected chi connectivity index (χ2v) is 17.0. The lowest BCUT2D eigenvalue weighted by Crippen LogP contribution is -2.34. The molecular weight excluding hydrogens is 781 g/mol. The van der Waals surface area contributed by atoms with Gasteiger partial charge in [-0.2, -0.15) is 0 Å². The maximum absolute atomic E-state index is 12.7. The molecule has 0 spiro atoms. The predicted octanol–water partition coefficient (Wildman–Crippen LogP) is 12.7. The Hall–Kier alpha value is -2.82. The lowest BCUT2D eigenvalue weighted by molar-refractivity contribution is -0.161. The number of allylic oxidation sites excluding steroid dienone is 10. The van der Waals surface area contributed by atoms with Gasteiger partial charge in [0.2, 0.25) is 0 Å². The molecule has 60 heavy (non-hydrogen) atoms. The van der Waals surface area contributed by atoms with Crippen LogP contribution in [0.2, 0.25) is 0 Å². The predicted molar refractivity (Wildman–Crippen MR) is 245 cm³/mol. The highest BCUT2D eigenvalue weighted by Crippen LogP contribution is 2.43. The number of esters is 2. The van der Waals surface area contributed by atoms with E-state index in [1.165, 1.54) is 89.9 Å². The van der Waals surface area contributed by atoms with Gasteiger partial charge in [0.25, 0.3) is 0 Å². The number of rotatable bonds is 43. The third-order valence-electron chi connectivity index (χ3n) is 9.74. The number of aliphatic carboxylic acids is 1. The molecule has 0 amide bonds. The fourth-order valence-electron chi connectivity index (χ4n) is 6.05. The summed E-state index contributed by atoms with van der Waals surface area (Å²) in [4.78, 5) is 46.0. The molecule has 0 bridgehead atoms. The zero-order chi connectivity index (χ0) is 44.2. The summed E-state index contributed by atoms with van der Waals surface area (Å²) in [6.45, 7) is 2.72. The third kappa shape index (κ3) is 41.9. The van der Waals surface area contributed by atoms with Gasteiger partial charge in [-0.25, -0.2) is 4.57 Å². The molecule has 0 fully saturated rings. The van der Waals surface area contributed by atoms with Crippen LogP contribution in [0.1, 0.15) is 194 Å². The van der Waals surface area contributed by atoms with E-state index in [2.05, 4.69) is 73.1 Å². The van der Waals surface area contributed by atoms with Crippen LogP contribution in [0, 0.1) is 0 Å². The van der Waals surface area contributed by atoms with Crippen molar-refractivity contribution in [3.05, 3.63) is 60.8 Å². The smallest absolute Gasteiger partial charge is 0.472 e. The van der Waals surface area contributed by atoms with Crippen LogP contribution in [0.3, 0.4) is 0 Å². The molecule has 346 valence electrons. The minimum Gasteiger partial charge on any atom is -0.480 e. The van der Waals surface area contributed by atoms with Crippen molar-refractivity contribution < 1.29 is 47.5 Å². The normalized spacial score (nSPS) is 14.2. The van der Waals surface area contributed by atoms with Gasteiger partial charge in [0, 0.05) is 12.8 Å². The van der Waals surface area contributed by atoms with Crippen molar-refractivity contribution in [3.63, 3.8) is 0 Å². The molecule has 0 aromatic heterocycles. The summed E-state index contributed by atoms with van der Waals surface area (Å²) >= 11 is 0. The Kier molecular flexibility index (Phi) is 40.8. The monoisotopic (exact) mass is 866 g/mol. The van der Waals surface area contributed by atoms with Crippen LogP contribution in [0.4, 0.5) is 0 Å². The van der Waals surface area contributed by atoms with Gasteiger partial charge in [0.05, 0.1) is 13.2 Å². The fourth-order valence-corrected chi connectivity index (χ4v) is 6.83. The summed E-state index contributed by atoms with van der Waals surface area (Å²) in [7, 11) is -4.73. The quantitative estimate of drug-likeness (QED) is 0.0230. The summed E-state index contributed by atoms with van der Waals surface area (Å²) < 4.78 is 32.7. The average molecular weight is 866 g/mol. The van der Waals surface area contributed by atoms with Crippen LogP contribution in [0.5, 0.6) is 0 Å². The number of carboxylic acids is 1. The van der Waals surface area contributed by atoms with E-state index in [9.17, 15) is 23.8 Å². The SMILES string of the molecule is CCCCC/C=C\C/C=C\C/C=C\C/C=C\CCCC(=O)OC[C@H](COP(=O)(O)OC[C@H](N)C(=O)O)OC(=O)CCCCCCCCC/C=C\CCCCCCCCCC. The molecule has 3 atom stereocenters. The number of nitrogens with two attached hydrogens (primary N) is 1. The van der Waals surface area contributed by atoms with Crippen LogP contribution in [0.15, 0.2) is 60.8 Å². The van der Waals surface area contributed by atoms with E-state index in [0.717, 1.165) is 57.8 Å². The van der Waals surface area contributed by atoms with E-state index < -0.39 is 51.1 Å². The Labute approximate surface area is 364 Å². The van der Waals surface area contributed by atoms with E-state index in [-0.39, 0.29) is 19.4 Å². The lowest BCUT2D eigenvalue weighted by Gasteiger charge is -2.20. The molecule has 0 aromatic carbocycles. The molecule has 0 aliphatic heterocycles. The van der Waals surface area contributed by atoms with E-state index in [0.29, 0.717) is 19.3 Å². The van der Waals surface area contributed by atoms with E-state index in [1.807, 2.05) is 6.08 Å². The van der Waals surface area contributed by atoms with Gasteiger partial charge in [0.15, 0.2) is 6.10 Å². The van der Waals surface area contributed by atoms with Gasteiger partial charge in [-0.3, -0.25) is 23.4 Å². The van der Waals surface area contributed by atoms with Crippen LogP contribution >= 0.6 is 7.82 Å². The third-order valence-corrected chi connectivity index (χ3v) is 10.7. The molecule has 12 heteroatoms. The highest BCUT2D eigenvalue weighted by Gasteiger charge is 2.28. The summed E-state index contributed by atoms with van der Waals surface area (Å²) in [5, 5.41) is 8.90. The molecule has 0 saturated carbocycles. The van der Waals surface area contributed by atoms with Gasteiger partial charge >= 0.3 is 25.7 Å². The standard InChI is InChI=1S/C48H84NO10P/c1-3-5-7-9-11-13-15-17-19-21-22-24-26-28-30-32-34-36-38-40-47(51)59-44(42-57-60(54,55)58-43-45(49)48(52)53)41-56-46(50)39-37-35-33-31-29-27-25-23-20-18-16-14-12-10-8-6-4-2/h12,14,18,20-22,25,27,31,33,44-45H,3-11,13,15-17,19,23-24,26,28-30,32,34-43,49H2,1-2H3,(H,52,53)(H,54,55)/b14-12-,20-18-,22-21-,27-25-,33-31-/t44-,45+/m1/s1. The Morgan fingerprint density at radius 1 is 0.517 bits per heavy atom. The van der Waals surface area contributed by atoms with Crippen LogP contribution in [-0.4, -0.2) is 59.9 Å². The number of carbonyl (C=O) groups excluding carboxylic acids is 2. The van der Waals surface area contributed by atoms with Gasteiger partial charge in [-0.05, 0) is 77.0 Å². The molecule has 0 aromatic rings. The highest BCUT2D eigenvalue weighted by molar-refractivity contribution is 7.47. The summed E-state index contributed by atoms with van der Waals surface area (Å²) in [6.07, 6.45) is 50.0. The van der Waals surface area contributed by atoms with Gasteiger partial charge in [-0.15, -0.1) is 0 Å². The number of ether oxygens (including phenoxy) is 2. The zero-order valence-corrected chi connectivity index (χ0v) is 38.4. The van der Waals surface area contributed by atoms with E-state index in [1.54, 1.807) is 0 Å². The first-order valence-electron chi connectivity index (χ1n) is 23.3. The summed E-state index contributed by atoms with van der Waals surface area (Å²) in [5.41, 5.74) is 5.34. The van der Waals surface area contributed by atoms with Crippen LogP contribution in [-0.2, 0) is 37.5 Å². The molecule has 1 unspecified atom stereocenters. The number of phosphoric ester groups is 1. The zero-order valence-electron chi connectivity index (χ0n) is 37.5. The van der Waals surface area contributed by atoms with Crippen LogP contribution in [0.25, 0.3) is 0 Å². The van der Waals surface area contributed by atoms with Gasteiger partial charge < -0.3 is 25.2 Å². The number of hydrogen-bond acceptors (Lipinski definition) is 9. The lowest BCUT2D eigenvalue weighted by atomic mass is 10.1. The minimum atomic E-state index is -4.73. The Morgan fingerprint density at radius 3 is 1.42 bits per heavy atom. The van der Waals surface area contributed by atoms with Gasteiger partial charge in [-0.1, -0.05) is 164 Å². The Balaban J connectivity index is 4.41. The first-order chi connectivity index (χ1) is 29.1. The molecule has 0 rings (SSSR count). The Bertz CT molecular complexity index is 1250. The number of carboxylic acid groups (broad SMARTS) is 1. The van der Waals surface area contributed by atoms with Gasteiger partial charge in [0.1, 0.15) is 12.6 Å². The molecular formula is C48H84NO10P. The highest BCUT2D eigenvalue weighted by atomic mass is 31.2.